The quantitative estimate of drug-likeness (QED) is 0.897. The third-order valence-electron chi connectivity index (χ3n) is 3.76. The summed E-state index contributed by atoms with van der Waals surface area (Å²) in [6.45, 7) is 2.66. The van der Waals surface area contributed by atoms with Gasteiger partial charge in [-0.05, 0) is 37.1 Å². The number of nitrogens with zero attached hydrogens (tertiary/aromatic N) is 1. The van der Waals surface area contributed by atoms with Crippen LogP contribution in [0.5, 0.6) is 5.75 Å². The lowest BCUT2D eigenvalue weighted by molar-refractivity contribution is 0.179. The van der Waals surface area contributed by atoms with Gasteiger partial charge in [0, 0.05) is 30.6 Å². The van der Waals surface area contributed by atoms with Gasteiger partial charge in [-0.25, -0.2) is 0 Å². The summed E-state index contributed by atoms with van der Waals surface area (Å²) in [5.74, 6) is 0.898. The molecular formula is C16H19NO2. The van der Waals surface area contributed by atoms with E-state index in [9.17, 15) is 5.11 Å². The number of aliphatic hydroxyl groups is 1. The molecule has 0 bridgehead atoms. The highest BCUT2D eigenvalue weighted by atomic mass is 16.5. The minimum absolute atomic E-state index is 0.283. The van der Waals surface area contributed by atoms with E-state index in [4.69, 9.17) is 4.74 Å². The lowest BCUT2D eigenvalue weighted by Gasteiger charge is -2.06. The van der Waals surface area contributed by atoms with Crippen LogP contribution in [0.2, 0.25) is 0 Å². The van der Waals surface area contributed by atoms with Gasteiger partial charge in [0.05, 0.1) is 18.2 Å². The fourth-order valence-electron chi connectivity index (χ4n) is 2.85. The lowest BCUT2D eigenvalue weighted by atomic mass is 10.0. The molecule has 0 saturated heterocycles. The minimum atomic E-state index is -0.283. The summed E-state index contributed by atoms with van der Waals surface area (Å²) in [4.78, 5) is 0. The average molecular weight is 257 g/mol. The van der Waals surface area contributed by atoms with Crippen LogP contribution >= 0.6 is 0 Å². The van der Waals surface area contributed by atoms with Crippen molar-refractivity contribution in [2.45, 2.75) is 25.9 Å². The molecular weight excluding hydrogens is 238 g/mol. The topological polar surface area (TPSA) is 34.4 Å². The molecule has 1 heterocycles. The van der Waals surface area contributed by atoms with Gasteiger partial charge in [0.2, 0.25) is 0 Å². The van der Waals surface area contributed by atoms with Gasteiger partial charge in [-0.1, -0.05) is 6.08 Å². The first-order chi connectivity index (χ1) is 9.20. The van der Waals surface area contributed by atoms with Crippen molar-refractivity contribution < 1.29 is 9.84 Å². The first-order valence-corrected chi connectivity index (χ1v) is 6.79. The van der Waals surface area contributed by atoms with Gasteiger partial charge >= 0.3 is 0 Å². The largest absolute Gasteiger partial charge is 0.494 e. The van der Waals surface area contributed by atoms with E-state index >= 15 is 0 Å². The molecule has 0 amide bonds. The number of fused-ring (bicyclic) bond motifs is 3. The lowest BCUT2D eigenvalue weighted by Crippen LogP contribution is -2.07. The molecule has 0 spiro atoms. The second kappa shape index (κ2) is 4.74. The Hall–Kier alpha value is -1.74. The van der Waals surface area contributed by atoms with Gasteiger partial charge in [-0.2, -0.15) is 0 Å². The van der Waals surface area contributed by atoms with Crippen LogP contribution in [-0.2, 0) is 13.5 Å². The second-order valence-electron chi connectivity index (χ2n) is 5.03. The highest BCUT2D eigenvalue weighted by molar-refractivity contribution is 5.89. The Bertz CT molecular complexity index is 640. The second-order valence-corrected chi connectivity index (χ2v) is 5.03. The zero-order valence-electron chi connectivity index (χ0n) is 11.4. The van der Waals surface area contributed by atoms with E-state index in [1.165, 1.54) is 16.6 Å². The minimum Gasteiger partial charge on any atom is -0.494 e. The Morgan fingerprint density at radius 1 is 1.42 bits per heavy atom. The highest BCUT2D eigenvalue weighted by Gasteiger charge is 2.18. The zero-order chi connectivity index (χ0) is 13.4. The van der Waals surface area contributed by atoms with Crippen LogP contribution in [-0.4, -0.2) is 22.4 Å². The molecule has 0 aliphatic heterocycles. The van der Waals surface area contributed by atoms with Gasteiger partial charge in [-0.3, -0.25) is 0 Å². The third-order valence-corrected chi connectivity index (χ3v) is 3.76. The van der Waals surface area contributed by atoms with Crippen LogP contribution in [0, 0.1) is 0 Å². The summed E-state index contributed by atoms with van der Waals surface area (Å²) in [6, 6.07) is 6.19. The highest BCUT2D eigenvalue weighted by Crippen LogP contribution is 2.32. The van der Waals surface area contributed by atoms with Gasteiger partial charge in [-0.15, -0.1) is 0 Å². The Labute approximate surface area is 113 Å². The predicted octanol–water partition coefficient (Wildman–Crippen LogP) is 2.90. The number of aromatic nitrogens is 1. The smallest absolute Gasteiger partial charge is 0.121 e. The molecule has 1 aromatic heterocycles. The van der Waals surface area contributed by atoms with Crippen molar-refractivity contribution in [3.05, 3.63) is 35.5 Å². The summed E-state index contributed by atoms with van der Waals surface area (Å²) in [7, 11) is 2.07. The van der Waals surface area contributed by atoms with Gasteiger partial charge < -0.3 is 14.4 Å². The number of rotatable bonds is 2. The average Bonchev–Trinajstić information content (AvgIpc) is 2.55. The first kappa shape index (κ1) is 12.3. The maximum atomic E-state index is 9.96. The van der Waals surface area contributed by atoms with Gasteiger partial charge in [0.1, 0.15) is 5.75 Å². The molecule has 1 atom stereocenters. The van der Waals surface area contributed by atoms with Crippen LogP contribution in [0.3, 0.4) is 0 Å². The molecule has 3 heteroatoms. The van der Waals surface area contributed by atoms with E-state index in [1.54, 1.807) is 0 Å². The number of ether oxygens (including phenoxy) is 1. The summed E-state index contributed by atoms with van der Waals surface area (Å²) < 4.78 is 7.75. The fourth-order valence-corrected chi connectivity index (χ4v) is 2.85. The summed E-state index contributed by atoms with van der Waals surface area (Å²) in [5.41, 5.74) is 3.59. The predicted molar refractivity (Wildman–Crippen MR) is 77.4 cm³/mol. The molecule has 1 aromatic carbocycles. The Balaban J connectivity index is 2.20. The van der Waals surface area contributed by atoms with E-state index in [2.05, 4.69) is 35.9 Å². The Morgan fingerprint density at radius 3 is 3.05 bits per heavy atom. The molecule has 0 radical (unpaired) electrons. The molecule has 3 rings (SSSR count). The fraction of sp³-hybridized carbons (Fsp3) is 0.375. The summed E-state index contributed by atoms with van der Waals surface area (Å²) in [5, 5.41) is 11.2. The van der Waals surface area contributed by atoms with E-state index in [0.717, 1.165) is 17.7 Å². The van der Waals surface area contributed by atoms with Gasteiger partial charge in [0.15, 0.2) is 0 Å². The van der Waals surface area contributed by atoms with Crippen molar-refractivity contribution in [3.8, 4) is 5.75 Å². The van der Waals surface area contributed by atoms with Crippen LogP contribution in [0.1, 0.15) is 24.6 Å². The molecule has 1 unspecified atom stereocenters. The first-order valence-electron chi connectivity index (χ1n) is 6.79. The molecule has 2 aromatic rings. The van der Waals surface area contributed by atoms with Crippen molar-refractivity contribution in [2.24, 2.45) is 7.05 Å². The monoisotopic (exact) mass is 257 g/mol. The van der Waals surface area contributed by atoms with E-state index in [-0.39, 0.29) is 6.10 Å². The normalized spacial score (nSPS) is 18.4. The van der Waals surface area contributed by atoms with Crippen molar-refractivity contribution in [3.63, 3.8) is 0 Å². The van der Waals surface area contributed by atoms with Crippen molar-refractivity contribution >= 4 is 17.0 Å². The molecule has 3 nitrogen and oxygen atoms in total. The number of hydrogen-bond donors (Lipinski definition) is 1. The standard InChI is InChI=1S/C16H19NO2/c1-3-19-12-7-8-13-14-9-11(18)5-4-6-15(14)17(2)16(13)10-12/h4,6-8,10-11,18H,3,5,9H2,1-2H3. The van der Waals surface area contributed by atoms with Crippen LogP contribution < -0.4 is 4.74 Å². The SMILES string of the molecule is CCOc1ccc2c3c(n(C)c2c1)C=CCC(O)C3. The van der Waals surface area contributed by atoms with E-state index < -0.39 is 0 Å². The molecule has 1 N–H and O–H groups in total. The molecule has 0 saturated carbocycles. The Morgan fingerprint density at radius 2 is 2.26 bits per heavy atom. The number of aliphatic hydroxyl groups excluding tert-OH is 1. The summed E-state index contributed by atoms with van der Waals surface area (Å²) >= 11 is 0. The van der Waals surface area contributed by atoms with Crippen LogP contribution in [0.25, 0.3) is 17.0 Å². The number of benzene rings is 1. The van der Waals surface area contributed by atoms with E-state index in [1.807, 2.05) is 13.0 Å². The Kier molecular flexibility index (Phi) is 3.07. The van der Waals surface area contributed by atoms with Crippen molar-refractivity contribution in [1.82, 2.24) is 4.57 Å². The van der Waals surface area contributed by atoms with Crippen molar-refractivity contribution in [2.75, 3.05) is 6.61 Å². The molecule has 1 aliphatic carbocycles. The molecule has 19 heavy (non-hydrogen) atoms. The number of hydrogen-bond acceptors (Lipinski definition) is 2. The van der Waals surface area contributed by atoms with Gasteiger partial charge in [0.25, 0.3) is 0 Å². The van der Waals surface area contributed by atoms with E-state index in [0.29, 0.717) is 13.0 Å². The molecule has 1 aliphatic rings. The number of aryl methyl sites for hydroxylation is 1. The van der Waals surface area contributed by atoms with Crippen LogP contribution in [0.15, 0.2) is 24.3 Å². The maximum Gasteiger partial charge on any atom is 0.121 e. The molecule has 100 valence electrons. The third kappa shape index (κ3) is 2.04. The van der Waals surface area contributed by atoms with Crippen LogP contribution in [0.4, 0.5) is 0 Å². The molecule has 0 fully saturated rings. The van der Waals surface area contributed by atoms with Crippen molar-refractivity contribution in [1.29, 1.82) is 0 Å². The zero-order valence-corrected chi connectivity index (χ0v) is 11.4. The summed E-state index contributed by atoms with van der Waals surface area (Å²) in [6.07, 6.45) is 5.33. The maximum absolute atomic E-state index is 9.96.